The minimum absolute atomic E-state index is 0.0146. The molecule has 3 aromatic carbocycles. The van der Waals surface area contributed by atoms with Crippen molar-refractivity contribution in [2.24, 2.45) is 23.7 Å². The maximum absolute atomic E-state index is 13.2. The molecule has 0 saturated heterocycles. The van der Waals surface area contributed by atoms with Crippen molar-refractivity contribution in [2.45, 2.75) is 64.6 Å². The van der Waals surface area contributed by atoms with E-state index in [1.165, 1.54) is 21.1 Å². The Bertz CT molecular complexity index is 1260. The van der Waals surface area contributed by atoms with Crippen LogP contribution in [0.1, 0.15) is 39.0 Å². The molecule has 4 aliphatic rings. The maximum atomic E-state index is 13.2. The number of carbonyl (C=O) groups excluding carboxylic acids is 2. The highest BCUT2D eigenvalue weighted by atomic mass is 32.2. The van der Waals surface area contributed by atoms with E-state index in [2.05, 4.69) is 105 Å². The van der Waals surface area contributed by atoms with Gasteiger partial charge in [0.15, 0.2) is 21.3 Å². The van der Waals surface area contributed by atoms with Crippen LogP contribution in [0.15, 0.2) is 106 Å². The van der Waals surface area contributed by atoms with E-state index in [9.17, 15) is 23.6 Å². The zero-order valence-electron chi connectivity index (χ0n) is 24.1. The third-order valence-corrected chi connectivity index (χ3v) is 11.5. The van der Waals surface area contributed by atoms with Gasteiger partial charge in [-0.3, -0.25) is 5.04 Å². The zero-order chi connectivity index (χ0) is 31.2. The summed E-state index contributed by atoms with van der Waals surface area (Å²) in [4.78, 5) is 27.4. The van der Waals surface area contributed by atoms with Crippen molar-refractivity contribution in [3.05, 3.63) is 91.0 Å². The summed E-state index contributed by atoms with van der Waals surface area (Å²) in [6.45, 7) is 0.971. The van der Waals surface area contributed by atoms with Crippen LogP contribution in [0.2, 0.25) is 0 Å². The van der Waals surface area contributed by atoms with Gasteiger partial charge >= 0.3 is 17.2 Å². The molecule has 0 unspecified atom stereocenters. The van der Waals surface area contributed by atoms with Gasteiger partial charge in [0, 0.05) is 0 Å². The molecule has 11 heteroatoms. The van der Waals surface area contributed by atoms with Crippen molar-refractivity contribution >= 4 is 34.9 Å². The number of carbonyl (C=O) groups is 2. The molecule has 7 nitrogen and oxygen atoms in total. The largest absolute Gasteiger partial charge is 0.691 e. The normalized spacial score (nSPS) is 25.2. The van der Waals surface area contributed by atoms with Gasteiger partial charge in [0.2, 0.25) is 0 Å². The SMILES string of the molecule is CC1(OC(=O)COC(=O)C(F)(F)SOO[O-])C2CC3CC(C2)CC1C3.c1ccc([S+](c2ccccc2)c2ccccc2)cc1. The van der Waals surface area contributed by atoms with Crippen LogP contribution in [0.25, 0.3) is 0 Å². The Labute approximate surface area is 262 Å². The summed E-state index contributed by atoms with van der Waals surface area (Å²) in [5.74, 6) is -0.963. The third-order valence-electron chi connectivity index (χ3n) is 8.75. The molecule has 4 fully saturated rings. The molecule has 7 rings (SSSR count). The van der Waals surface area contributed by atoms with Gasteiger partial charge in [0.25, 0.3) is 0 Å². The Morgan fingerprint density at radius 3 is 1.66 bits per heavy atom. The van der Waals surface area contributed by atoms with E-state index in [1.54, 1.807) is 0 Å². The molecule has 234 valence electrons. The van der Waals surface area contributed by atoms with E-state index >= 15 is 0 Å². The number of rotatable bonds is 10. The molecule has 4 aliphatic carbocycles. The van der Waals surface area contributed by atoms with Gasteiger partial charge in [-0.05, 0) is 99.1 Å². The van der Waals surface area contributed by atoms with E-state index in [1.807, 2.05) is 6.92 Å². The summed E-state index contributed by atoms with van der Waals surface area (Å²) in [5.41, 5.74) is -0.631. The van der Waals surface area contributed by atoms with Gasteiger partial charge in [0.1, 0.15) is 17.6 Å². The molecular formula is C33H34F2O7S2. The summed E-state index contributed by atoms with van der Waals surface area (Å²) in [6.07, 6.45) is 5.29. The minimum atomic E-state index is -4.17. The topological polar surface area (TPSA) is 94.1 Å². The number of ether oxygens (including phenoxy) is 2. The predicted molar refractivity (Wildman–Crippen MR) is 159 cm³/mol. The average molecular weight is 645 g/mol. The summed E-state index contributed by atoms with van der Waals surface area (Å²) < 4.78 is 39.7. The number of esters is 2. The maximum Gasteiger partial charge on any atom is 0.415 e. The standard InChI is InChI=1S/C18H15S.C15H20F2O7S/c1-4-10-16(11-5-1)19(17-12-6-2-7-13-17)18-14-8-3-9-15-18;1-14(10-3-8-2-9(5-10)6-11(14)4-8)22-12(18)7-21-13(19)15(16,17)25-24-23-20/h1-15H;8-11,20H,2-7H2,1H3/q+1;/p-1. The molecule has 0 N–H and O–H groups in total. The molecule has 3 aromatic rings. The highest BCUT2D eigenvalue weighted by Crippen LogP contribution is 2.59. The number of benzene rings is 3. The first kappa shape index (κ1) is 32.4. The number of halogens is 2. The van der Waals surface area contributed by atoms with Crippen LogP contribution in [-0.4, -0.2) is 29.4 Å². The Morgan fingerprint density at radius 2 is 1.25 bits per heavy atom. The molecule has 4 bridgehead atoms. The molecule has 0 aliphatic heterocycles. The first-order valence-corrected chi connectivity index (χ1v) is 16.5. The van der Waals surface area contributed by atoms with E-state index in [-0.39, 0.29) is 22.7 Å². The van der Waals surface area contributed by atoms with Crippen molar-refractivity contribution in [2.75, 3.05) is 6.61 Å². The van der Waals surface area contributed by atoms with Gasteiger partial charge in [-0.2, -0.15) is 13.1 Å². The van der Waals surface area contributed by atoms with Crippen LogP contribution in [0.3, 0.4) is 0 Å². The minimum Gasteiger partial charge on any atom is -0.691 e. The van der Waals surface area contributed by atoms with E-state index < -0.39 is 41.4 Å². The summed E-state index contributed by atoms with van der Waals surface area (Å²) in [7, 11) is -0.0146. The lowest BCUT2D eigenvalue weighted by molar-refractivity contribution is -0.777. The van der Waals surface area contributed by atoms with E-state index in [0.717, 1.165) is 25.7 Å². The predicted octanol–water partition coefficient (Wildman–Crippen LogP) is 6.53. The van der Waals surface area contributed by atoms with E-state index in [4.69, 9.17) is 4.74 Å². The summed E-state index contributed by atoms with van der Waals surface area (Å²) in [6, 6.07) is 32.2. The van der Waals surface area contributed by atoms with Crippen molar-refractivity contribution in [3.8, 4) is 0 Å². The molecule has 44 heavy (non-hydrogen) atoms. The van der Waals surface area contributed by atoms with Gasteiger partial charge < -0.3 is 14.7 Å². The Kier molecular flexibility index (Phi) is 10.6. The molecular weight excluding hydrogens is 610 g/mol. The van der Waals surface area contributed by atoms with Gasteiger partial charge in [-0.25, -0.2) is 9.59 Å². The van der Waals surface area contributed by atoms with E-state index in [0.29, 0.717) is 11.8 Å². The van der Waals surface area contributed by atoms with Crippen molar-refractivity contribution in [3.63, 3.8) is 0 Å². The Hall–Kier alpha value is -2.96. The molecule has 4 saturated carbocycles. The quantitative estimate of drug-likeness (QED) is 0.0809. The van der Waals surface area contributed by atoms with Crippen LogP contribution in [0.4, 0.5) is 8.78 Å². The number of alkyl halides is 2. The fourth-order valence-electron chi connectivity index (χ4n) is 6.94. The number of hydrogen-bond donors (Lipinski definition) is 0. The lowest BCUT2D eigenvalue weighted by Crippen LogP contribution is -2.58. The molecule has 0 radical (unpaired) electrons. The van der Waals surface area contributed by atoms with Gasteiger partial charge in [-0.1, -0.05) is 54.6 Å². The van der Waals surface area contributed by atoms with Crippen LogP contribution >= 0.6 is 12.0 Å². The van der Waals surface area contributed by atoms with Gasteiger partial charge in [-0.15, -0.1) is 0 Å². The van der Waals surface area contributed by atoms with Crippen LogP contribution < -0.4 is 5.26 Å². The van der Waals surface area contributed by atoms with Crippen LogP contribution in [-0.2, 0) is 39.3 Å². The first-order valence-electron chi connectivity index (χ1n) is 14.5. The van der Waals surface area contributed by atoms with Crippen LogP contribution in [0, 0.1) is 23.7 Å². The molecule has 0 spiro atoms. The van der Waals surface area contributed by atoms with Crippen molar-refractivity contribution in [1.29, 1.82) is 0 Å². The molecule has 0 amide bonds. The highest BCUT2D eigenvalue weighted by molar-refractivity contribution is 7.97. The zero-order valence-corrected chi connectivity index (χ0v) is 25.8. The second kappa shape index (κ2) is 14.4. The molecule has 0 heterocycles. The second-order valence-corrected chi connectivity index (χ2v) is 14.4. The van der Waals surface area contributed by atoms with Gasteiger partial charge in [0.05, 0.1) is 10.9 Å². The first-order chi connectivity index (χ1) is 21.2. The Morgan fingerprint density at radius 1 is 0.818 bits per heavy atom. The highest BCUT2D eigenvalue weighted by Gasteiger charge is 2.57. The third kappa shape index (κ3) is 7.63. The lowest BCUT2D eigenvalue weighted by atomic mass is 9.50. The number of hydrogen-bond acceptors (Lipinski definition) is 8. The molecule has 0 atom stereocenters. The second-order valence-electron chi connectivity index (χ2n) is 11.5. The lowest BCUT2D eigenvalue weighted by Gasteiger charge is -2.59. The smallest absolute Gasteiger partial charge is 0.415 e. The Balaban J connectivity index is 0.000000181. The molecule has 0 aromatic heterocycles. The van der Waals surface area contributed by atoms with Crippen LogP contribution in [0.5, 0.6) is 0 Å². The fourth-order valence-corrected chi connectivity index (χ4v) is 9.28. The van der Waals surface area contributed by atoms with Crippen molar-refractivity contribution < 1.29 is 42.5 Å². The summed E-state index contributed by atoms with van der Waals surface area (Å²) in [5, 5.41) is 8.13. The monoisotopic (exact) mass is 644 g/mol. The average Bonchev–Trinajstić information content (AvgIpc) is 3.03. The van der Waals surface area contributed by atoms with Crippen molar-refractivity contribution in [1.82, 2.24) is 0 Å². The summed E-state index contributed by atoms with van der Waals surface area (Å²) >= 11 is -0.803. The fraction of sp³-hybridized carbons (Fsp3) is 0.394.